The van der Waals surface area contributed by atoms with Gasteiger partial charge in [-0.3, -0.25) is 4.98 Å². The van der Waals surface area contributed by atoms with E-state index >= 15 is 0 Å². The van der Waals surface area contributed by atoms with Gasteiger partial charge in [0.15, 0.2) is 0 Å². The molecule has 1 aromatic carbocycles. The minimum absolute atomic E-state index is 0.196. The second kappa shape index (κ2) is 6.99. The van der Waals surface area contributed by atoms with Crippen LogP contribution in [0.5, 0.6) is 0 Å². The quantitative estimate of drug-likeness (QED) is 0.848. The molecule has 4 nitrogen and oxygen atoms in total. The summed E-state index contributed by atoms with van der Waals surface area (Å²) in [6.07, 6.45) is 5.88. The maximum absolute atomic E-state index is 12.8. The van der Waals surface area contributed by atoms with Crippen molar-refractivity contribution in [1.29, 1.82) is 0 Å². The molecule has 0 radical (unpaired) electrons. The van der Waals surface area contributed by atoms with Gasteiger partial charge in [0.2, 0.25) is 10.0 Å². The average molecular weight is 351 g/mol. The molecule has 2 aromatic rings. The lowest BCUT2D eigenvalue weighted by atomic mass is 9.95. The van der Waals surface area contributed by atoms with Gasteiger partial charge in [-0.05, 0) is 48.6 Å². The summed E-state index contributed by atoms with van der Waals surface area (Å²) < 4.78 is 27.3. The molecule has 1 aliphatic heterocycles. The zero-order valence-electron chi connectivity index (χ0n) is 12.7. The standard InChI is InChI=1S/C17H19ClN2O2S/c18-16-8-6-14(7-9-16)15-4-1-2-11-20(13-15)23(21,22)17-5-3-10-19-12-17/h3,5-10,12,15H,1-2,4,11,13H2. The molecule has 1 fully saturated rings. The van der Waals surface area contributed by atoms with E-state index in [-0.39, 0.29) is 10.8 Å². The second-order valence-electron chi connectivity index (χ2n) is 5.80. The molecule has 1 atom stereocenters. The zero-order valence-corrected chi connectivity index (χ0v) is 14.3. The Morgan fingerprint density at radius 2 is 1.91 bits per heavy atom. The average Bonchev–Trinajstić information content (AvgIpc) is 2.83. The molecule has 3 rings (SSSR count). The Morgan fingerprint density at radius 3 is 2.61 bits per heavy atom. The normalized spacial score (nSPS) is 20.1. The predicted molar refractivity (Wildman–Crippen MR) is 91.0 cm³/mol. The van der Waals surface area contributed by atoms with Gasteiger partial charge in [-0.2, -0.15) is 4.31 Å². The third-order valence-corrected chi connectivity index (χ3v) is 6.35. The van der Waals surface area contributed by atoms with Crippen LogP contribution >= 0.6 is 11.6 Å². The summed E-state index contributed by atoms with van der Waals surface area (Å²) in [5, 5.41) is 0.696. The molecule has 0 bridgehead atoms. The molecular formula is C17H19ClN2O2S. The number of halogens is 1. The molecule has 0 saturated carbocycles. The molecule has 6 heteroatoms. The molecule has 1 unspecified atom stereocenters. The minimum atomic E-state index is -3.49. The number of hydrogen-bond donors (Lipinski definition) is 0. The lowest BCUT2D eigenvalue weighted by Gasteiger charge is -2.24. The fourth-order valence-corrected chi connectivity index (χ4v) is 4.60. The van der Waals surface area contributed by atoms with Gasteiger partial charge in [-0.25, -0.2) is 8.42 Å². The first-order valence-electron chi connectivity index (χ1n) is 7.73. The zero-order chi connectivity index (χ0) is 16.3. The van der Waals surface area contributed by atoms with Crippen LogP contribution in [0.15, 0.2) is 53.7 Å². The molecule has 0 aliphatic carbocycles. The van der Waals surface area contributed by atoms with Crippen molar-refractivity contribution in [3.8, 4) is 0 Å². The largest absolute Gasteiger partial charge is 0.263 e. The van der Waals surface area contributed by atoms with Crippen molar-refractivity contribution in [2.24, 2.45) is 0 Å². The van der Waals surface area contributed by atoms with Crippen molar-refractivity contribution in [3.05, 3.63) is 59.4 Å². The first-order chi connectivity index (χ1) is 11.1. The maximum Gasteiger partial charge on any atom is 0.244 e. The highest BCUT2D eigenvalue weighted by molar-refractivity contribution is 7.89. The number of sulfonamides is 1. The molecule has 2 heterocycles. The summed E-state index contributed by atoms with van der Waals surface area (Å²) >= 11 is 5.95. The third kappa shape index (κ3) is 3.74. The first-order valence-corrected chi connectivity index (χ1v) is 9.55. The summed E-state index contributed by atoms with van der Waals surface area (Å²) in [5.74, 6) is 0.196. The van der Waals surface area contributed by atoms with Gasteiger partial charge < -0.3 is 0 Å². The molecule has 1 saturated heterocycles. The third-order valence-electron chi connectivity index (χ3n) is 4.25. The molecular weight excluding hydrogens is 332 g/mol. The summed E-state index contributed by atoms with van der Waals surface area (Å²) in [4.78, 5) is 4.20. The van der Waals surface area contributed by atoms with E-state index in [2.05, 4.69) is 4.98 Å². The summed E-state index contributed by atoms with van der Waals surface area (Å²) in [6, 6.07) is 11.0. The van der Waals surface area contributed by atoms with Crippen LogP contribution in [0.2, 0.25) is 5.02 Å². The van der Waals surface area contributed by atoms with E-state index in [1.165, 1.54) is 6.20 Å². The van der Waals surface area contributed by atoms with E-state index in [4.69, 9.17) is 11.6 Å². The van der Waals surface area contributed by atoms with Crippen LogP contribution < -0.4 is 0 Å². The number of benzene rings is 1. The van der Waals surface area contributed by atoms with E-state index in [1.54, 1.807) is 22.6 Å². The minimum Gasteiger partial charge on any atom is -0.263 e. The number of aromatic nitrogens is 1. The van der Waals surface area contributed by atoms with E-state index in [0.717, 1.165) is 24.8 Å². The summed E-state index contributed by atoms with van der Waals surface area (Å²) in [6.45, 7) is 1.06. The Kier molecular flexibility index (Phi) is 4.99. The number of hydrogen-bond acceptors (Lipinski definition) is 3. The van der Waals surface area contributed by atoms with Gasteiger partial charge in [0.1, 0.15) is 4.90 Å². The summed E-state index contributed by atoms with van der Waals surface area (Å²) in [7, 11) is -3.49. The van der Waals surface area contributed by atoms with Crippen LogP contribution in [0, 0.1) is 0 Å². The fourth-order valence-electron chi connectivity index (χ4n) is 2.98. The Balaban J connectivity index is 1.86. The molecule has 23 heavy (non-hydrogen) atoms. The van der Waals surface area contributed by atoms with Crippen LogP contribution in [0.3, 0.4) is 0 Å². The highest BCUT2D eigenvalue weighted by Gasteiger charge is 2.29. The second-order valence-corrected chi connectivity index (χ2v) is 8.17. The van der Waals surface area contributed by atoms with Crippen molar-refractivity contribution in [1.82, 2.24) is 9.29 Å². The Hall–Kier alpha value is -1.43. The molecule has 122 valence electrons. The maximum atomic E-state index is 12.8. The van der Waals surface area contributed by atoms with Crippen molar-refractivity contribution in [3.63, 3.8) is 0 Å². The van der Waals surface area contributed by atoms with Crippen molar-refractivity contribution in [2.75, 3.05) is 13.1 Å². The SMILES string of the molecule is O=S(=O)(c1cccnc1)N1CCCCC(c2ccc(Cl)cc2)C1. The molecule has 0 N–H and O–H groups in total. The number of rotatable bonds is 3. The van der Waals surface area contributed by atoms with Crippen LogP contribution in [0.25, 0.3) is 0 Å². The van der Waals surface area contributed by atoms with E-state index in [1.807, 2.05) is 24.3 Å². The smallest absolute Gasteiger partial charge is 0.244 e. The van der Waals surface area contributed by atoms with E-state index < -0.39 is 10.0 Å². The van der Waals surface area contributed by atoms with Gasteiger partial charge in [0.25, 0.3) is 0 Å². The van der Waals surface area contributed by atoms with Gasteiger partial charge in [-0.1, -0.05) is 30.2 Å². The van der Waals surface area contributed by atoms with Crippen molar-refractivity contribution < 1.29 is 8.42 Å². The van der Waals surface area contributed by atoms with Crippen LogP contribution in [0.4, 0.5) is 0 Å². The van der Waals surface area contributed by atoms with Crippen LogP contribution in [0.1, 0.15) is 30.7 Å². The van der Waals surface area contributed by atoms with E-state index in [9.17, 15) is 8.42 Å². The molecule has 0 spiro atoms. The summed E-state index contributed by atoms with van der Waals surface area (Å²) in [5.41, 5.74) is 1.14. The predicted octanol–water partition coefficient (Wildman–Crippen LogP) is 3.69. The highest BCUT2D eigenvalue weighted by Crippen LogP contribution is 2.30. The Labute approximate surface area is 142 Å². The molecule has 1 aliphatic rings. The monoisotopic (exact) mass is 350 g/mol. The topological polar surface area (TPSA) is 50.3 Å². The van der Waals surface area contributed by atoms with Crippen molar-refractivity contribution in [2.45, 2.75) is 30.1 Å². The first kappa shape index (κ1) is 16.4. The number of nitrogens with zero attached hydrogens (tertiary/aromatic N) is 2. The van der Waals surface area contributed by atoms with Gasteiger partial charge in [-0.15, -0.1) is 0 Å². The molecule has 1 aromatic heterocycles. The van der Waals surface area contributed by atoms with Crippen molar-refractivity contribution >= 4 is 21.6 Å². The lowest BCUT2D eigenvalue weighted by Crippen LogP contribution is -2.34. The Bertz CT molecular complexity index is 748. The van der Waals surface area contributed by atoms with Gasteiger partial charge in [0, 0.05) is 30.5 Å². The van der Waals surface area contributed by atoms with E-state index in [0.29, 0.717) is 18.1 Å². The molecule has 0 amide bonds. The highest BCUT2D eigenvalue weighted by atomic mass is 35.5. The lowest BCUT2D eigenvalue weighted by molar-refractivity contribution is 0.406. The van der Waals surface area contributed by atoms with Crippen LogP contribution in [-0.2, 0) is 10.0 Å². The fraction of sp³-hybridized carbons (Fsp3) is 0.353. The van der Waals surface area contributed by atoms with Crippen LogP contribution in [-0.4, -0.2) is 30.8 Å². The Morgan fingerprint density at radius 1 is 1.13 bits per heavy atom. The number of pyridine rings is 1. The van der Waals surface area contributed by atoms with Gasteiger partial charge in [0.05, 0.1) is 0 Å². The van der Waals surface area contributed by atoms with Gasteiger partial charge >= 0.3 is 0 Å².